The van der Waals surface area contributed by atoms with Crippen LogP contribution < -0.4 is 5.32 Å². The van der Waals surface area contributed by atoms with Gasteiger partial charge in [-0.3, -0.25) is 19.7 Å². The van der Waals surface area contributed by atoms with Gasteiger partial charge < -0.3 is 0 Å². The maximum atomic E-state index is 12.6. The van der Waals surface area contributed by atoms with Crippen molar-refractivity contribution in [3.05, 3.63) is 81.0 Å². The first-order valence-corrected chi connectivity index (χ1v) is 9.36. The van der Waals surface area contributed by atoms with Crippen molar-refractivity contribution >= 4 is 46.5 Å². The molecule has 5 nitrogen and oxygen atoms in total. The third kappa shape index (κ3) is 4.21. The Morgan fingerprint density at radius 3 is 2.36 bits per heavy atom. The molecule has 2 amide bonds. The highest BCUT2D eigenvalue weighted by atomic mass is 35.5. The van der Waals surface area contributed by atoms with Crippen molar-refractivity contribution in [2.24, 2.45) is 4.99 Å². The van der Waals surface area contributed by atoms with E-state index in [0.29, 0.717) is 23.6 Å². The van der Waals surface area contributed by atoms with Gasteiger partial charge in [-0.05, 0) is 41.8 Å². The summed E-state index contributed by atoms with van der Waals surface area (Å²) >= 11 is 11.9. The van der Waals surface area contributed by atoms with Crippen molar-refractivity contribution in [3.63, 3.8) is 0 Å². The van der Waals surface area contributed by atoms with E-state index < -0.39 is 17.6 Å². The fourth-order valence-electron chi connectivity index (χ4n) is 2.84. The van der Waals surface area contributed by atoms with Gasteiger partial charge in [-0.1, -0.05) is 54.4 Å². The Labute approximate surface area is 172 Å². The minimum Gasteiger partial charge on any atom is -0.284 e. The molecule has 1 aliphatic rings. The first-order chi connectivity index (χ1) is 13.4. The molecule has 28 heavy (non-hydrogen) atoms. The van der Waals surface area contributed by atoms with Crippen molar-refractivity contribution < 1.29 is 14.4 Å². The average molecular weight is 415 g/mol. The van der Waals surface area contributed by atoms with Gasteiger partial charge in [-0.2, -0.15) is 0 Å². The molecule has 1 aliphatic heterocycles. The molecule has 0 saturated heterocycles. The zero-order valence-corrected chi connectivity index (χ0v) is 16.5. The number of carbonyl (C=O) groups is 3. The van der Waals surface area contributed by atoms with Crippen LogP contribution in [0.2, 0.25) is 10.0 Å². The SMILES string of the molecule is CCC1=C(C(=O)NC(=O)C(=O)c2ccccc2Cl)N=C(c2ccc(Cl)cc2)C1. The lowest BCUT2D eigenvalue weighted by Gasteiger charge is -2.05. The van der Waals surface area contributed by atoms with E-state index in [1.165, 1.54) is 12.1 Å². The fourth-order valence-corrected chi connectivity index (χ4v) is 3.19. The third-order valence-electron chi connectivity index (χ3n) is 4.33. The molecule has 0 saturated carbocycles. The van der Waals surface area contributed by atoms with E-state index in [9.17, 15) is 14.4 Å². The smallest absolute Gasteiger partial charge is 0.284 e. The summed E-state index contributed by atoms with van der Waals surface area (Å²) in [4.78, 5) is 41.5. The minimum atomic E-state index is -1.05. The number of ketones is 1. The minimum absolute atomic E-state index is 0.0379. The average Bonchev–Trinajstić information content (AvgIpc) is 3.13. The molecule has 0 aliphatic carbocycles. The van der Waals surface area contributed by atoms with Gasteiger partial charge in [0, 0.05) is 17.0 Å². The summed E-state index contributed by atoms with van der Waals surface area (Å²) in [7, 11) is 0. The monoisotopic (exact) mass is 414 g/mol. The Balaban J connectivity index is 1.78. The Morgan fingerprint density at radius 2 is 1.71 bits per heavy atom. The van der Waals surface area contributed by atoms with Gasteiger partial charge in [0.25, 0.3) is 17.6 Å². The van der Waals surface area contributed by atoms with Gasteiger partial charge in [-0.15, -0.1) is 0 Å². The Kier molecular flexibility index (Phi) is 6.07. The predicted molar refractivity (Wildman–Crippen MR) is 109 cm³/mol. The van der Waals surface area contributed by atoms with E-state index in [0.717, 1.165) is 11.1 Å². The van der Waals surface area contributed by atoms with Crippen LogP contribution in [0.3, 0.4) is 0 Å². The summed E-state index contributed by atoms with van der Waals surface area (Å²) < 4.78 is 0. The number of aliphatic imine (C=N–C) groups is 1. The standard InChI is InChI=1S/C21H16Cl2N2O3/c1-2-12-11-17(13-7-9-14(22)10-8-13)24-18(12)20(27)25-21(28)19(26)15-5-3-4-6-16(15)23/h3-10H,2,11H2,1H3,(H,25,27,28). The van der Waals surface area contributed by atoms with E-state index in [1.54, 1.807) is 24.3 Å². The third-order valence-corrected chi connectivity index (χ3v) is 4.92. The molecule has 2 aromatic carbocycles. The van der Waals surface area contributed by atoms with E-state index in [4.69, 9.17) is 23.2 Å². The number of amides is 2. The van der Waals surface area contributed by atoms with Gasteiger partial charge >= 0.3 is 0 Å². The normalized spacial score (nSPS) is 13.3. The van der Waals surface area contributed by atoms with Crippen molar-refractivity contribution in [1.82, 2.24) is 5.32 Å². The largest absolute Gasteiger partial charge is 0.299 e. The highest BCUT2D eigenvalue weighted by Gasteiger charge is 2.27. The first kappa shape index (κ1) is 20.0. The Bertz CT molecular complexity index is 1020. The molecule has 3 rings (SSSR count). The summed E-state index contributed by atoms with van der Waals surface area (Å²) in [5.41, 5.74) is 2.55. The number of rotatable bonds is 5. The molecule has 2 aromatic rings. The van der Waals surface area contributed by atoms with Crippen LogP contribution in [-0.4, -0.2) is 23.3 Å². The van der Waals surface area contributed by atoms with Gasteiger partial charge in [0.15, 0.2) is 0 Å². The van der Waals surface area contributed by atoms with E-state index >= 15 is 0 Å². The number of carbonyl (C=O) groups excluding carboxylic acids is 3. The number of benzene rings is 2. The highest BCUT2D eigenvalue weighted by molar-refractivity contribution is 6.48. The Hall–Kier alpha value is -2.76. The highest BCUT2D eigenvalue weighted by Crippen LogP contribution is 2.26. The number of nitrogens with one attached hydrogen (secondary N) is 1. The summed E-state index contributed by atoms with van der Waals surface area (Å²) in [5, 5.41) is 2.87. The molecule has 1 N–H and O–H groups in total. The summed E-state index contributed by atoms with van der Waals surface area (Å²) in [5.74, 6) is -2.63. The maximum Gasteiger partial charge on any atom is 0.299 e. The number of allylic oxidation sites excluding steroid dienone is 1. The number of imide groups is 1. The second-order valence-corrected chi connectivity index (χ2v) is 6.98. The summed E-state index contributed by atoms with van der Waals surface area (Å²) in [6.45, 7) is 1.90. The van der Waals surface area contributed by atoms with Crippen molar-refractivity contribution in [3.8, 4) is 0 Å². The lowest BCUT2D eigenvalue weighted by Crippen LogP contribution is -2.36. The summed E-state index contributed by atoms with van der Waals surface area (Å²) in [6.07, 6.45) is 1.09. The lowest BCUT2D eigenvalue weighted by molar-refractivity contribution is -0.126. The van der Waals surface area contributed by atoms with E-state index in [1.807, 2.05) is 19.1 Å². The topological polar surface area (TPSA) is 75.6 Å². The molecule has 1 heterocycles. The Morgan fingerprint density at radius 1 is 1.04 bits per heavy atom. The molecule has 0 spiro atoms. The molecule has 0 atom stereocenters. The molecule has 0 aromatic heterocycles. The van der Waals surface area contributed by atoms with Crippen molar-refractivity contribution in [2.75, 3.05) is 0 Å². The molecule has 142 valence electrons. The predicted octanol–water partition coefficient (Wildman–Crippen LogP) is 4.38. The van der Waals surface area contributed by atoms with Crippen molar-refractivity contribution in [2.45, 2.75) is 19.8 Å². The first-order valence-electron chi connectivity index (χ1n) is 8.60. The number of Topliss-reactive ketones (excluding diaryl/α,β-unsaturated/α-hetero) is 1. The number of hydrogen-bond acceptors (Lipinski definition) is 4. The molecular weight excluding hydrogens is 399 g/mol. The molecular formula is C21H16Cl2N2O3. The second-order valence-electron chi connectivity index (χ2n) is 6.14. The van der Waals surface area contributed by atoms with Crippen LogP contribution in [0.15, 0.2) is 64.8 Å². The van der Waals surface area contributed by atoms with Gasteiger partial charge in [0.2, 0.25) is 0 Å². The second kappa shape index (κ2) is 8.50. The molecule has 0 bridgehead atoms. The van der Waals surface area contributed by atoms with Gasteiger partial charge in [-0.25, -0.2) is 4.99 Å². The van der Waals surface area contributed by atoms with Gasteiger partial charge in [0.1, 0.15) is 5.70 Å². The van der Waals surface area contributed by atoms with Crippen LogP contribution in [0.4, 0.5) is 0 Å². The molecule has 0 fully saturated rings. The molecule has 0 unspecified atom stereocenters. The lowest BCUT2D eigenvalue weighted by atomic mass is 10.0. The fraction of sp³-hybridized carbons (Fsp3) is 0.143. The van der Waals surface area contributed by atoms with Crippen LogP contribution in [0.1, 0.15) is 35.7 Å². The van der Waals surface area contributed by atoms with E-state index in [-0.39, 0.29) is 16.3 Å². The van der Waals surface area contributed by atoms with Crippen LogP contribution >= 0.6 is 23.2 Å². The quantitative estimate of drug-likeness (QED) is 0.582. The molecule has 7 heteroatoms. The molecule has 0 radical (unpaired) electrons. The van der Waals surface area contributed by atoms with Crippen LogP contribution in [0.25, 0.3) is 0 Å². The number of halogens is 2. The summed E-state index contributed by atoms with van der Waals surface area (Å²) in [6, 6.07) is 13.3. The van der Waals surface area contributed by atoms with Crippen molar-refractivity contribution in [1.29, 1.82) is 0 Å². The maximum absolute atomic E-state index is 12.6. The van der Waals surface area contributed by atoms with Crippen LogP contribution in [0, 0.1) is 0 Å². The van der Waals surface area contributed by atoms with Crippen LogP contribution in [-0.2, 0) is 9.59 Å². The number of nitrogens with zero attached hydrogens (tertiary/aromatic N) is 1. The van der Waals surface area contributed by atoms with E-state index in [2.05, 4.69) is 10.3 Å². The van der Waals surface area contributed by atoms with Gasteiger partial charge in [0.05, 0.1) is 10.7 Å². The number of hydrogen-bond donors (Lipinski definition) is 1. The zero-order chi connectivity index (χ0) is 20.3. The van der Waals surface area contributed by atoms with Crippen LogP contribution in [0.5, 0.6) is 0 Å². The zero-order valence-electron chi connectivity index (χ0n) is 15.0.